The molecule has 0 saturated heterocycles. The first-order chi connectivity index (χ1) is 18.9. The van der Waals surface area contributed by atoms with Crippen LogP contribution in [0.3, 0.4) is 0 Å². The van der Waals surface area contributed by atoms with Crippen LogP contribution < -0.4 is 4.74 Å². The zero-order valence-electron chi connectivity index (χ0n) is 22.5. The predicted molar refractivity (Wildman–Crippen MR) is 149 cm³/mol. The molecule has 3 atom stereocenters. The average molecular weight is 620 g/mol. The minimum absolute atomic E-state index is 0.0172. The number of carbonyl (C=O) groups is 4. The summed E-state index contributed by atoms with van der Waals surface area (Å²) in [6.45, 7) is 5.23. The van der Waals surface area contributed by atoms with Crippen molar-refractivity contribution in [3.8, 4) is 5.75 Å². The van der Waals surface area contributed by atoms with Crippen molar-refractivity contribution in [1.29, 1.82) is 0 Å². The Morgan fingerprint density at radius 1 is 0.975 bits per heavy atom. The van der Waals surface area contributed by atoms with Crippen LogP contribution in [0, 0.1) is 5.92 Å². The average Bonchev–Trinajstić information content (AvgIpc) is 2.86. The van der Waals surface area contributed by atoms with Gasteiger partial charge in [-0.15, -0.1) is 0 Å². The fourth-order valence-corrected chi connectivity index (χ4v) is 4.56. The van der Waals surface area contributed by atoms with Crippen LogP contribution in [0.2, 0.25) is 10.0 Å². The molecule has 0 aromatic heterocycles. The van der Waals surface area contributed by atoms with E-state index in [4.69, 9.17) is 58.9 Å². The minimum Gasteiger partial charge on any atom is -0.481 e. The number of allylic oxidation sites excluding steroid dienone is 2. The summed E-state index contributed by atoms with van der Waals surface area (Å²) in [7, 11) is 0. The molecule has 12 heteroatoms. The molecule has 1 aromatic rings. The van der Waals surface area contributed by atoms with Crippen LogP contribution in [0.15, 0.2) is 41.0 Å². The van der Waals surface area contributed by atoms with Gasteiger partial charge in [0.1, 0.15) is 5.75 Å². The number of aliphatic carboxylic acids is 1. The third kappa shape index (κ3) is 9.71. The Hall–Kier alpha value is -2.75. The maximum atomic E-state index is 13.0. The van der Waals surface area contributed by atoms with Gasteiger partial charge in [-0.05, 0) is 49.6 Å². The predicted octanol–water partition coefficient (Wildman–Crippen LogP) is 6.62. The van der Waals surface area contributed by atoms with Crippen molar-refractivity contribution in [2.75, 3.05) is 6.61 Å². The molecule has 0 aliphatic heterocycles. The molecule has 0 spiro atoms. The lowest BCUT2D eigenvalue weighted by molar-refractivity contribution is -0.220. The molecule has 9 nitrogen and oxygen atoms in total. The van der Waals surface area contributed by atoms with Crippen molar-refractivity contribution in [2.45, 2.75) is 77.6 Å². The largest absolute Gasteiger partial charge is 0.481 e. The first-order valence-corrected chi connectivity index (χ1v) is 14.1. The number of halogens is 3. The Morgan fingerprint density at radius 2 is 1.65 bits per heavy atom. The summed E-state index contributed by atoms with van der Waals surface area (Å²) < 4.78 is 23.4. The number of rotatable bonds is 15. The molecule has 3 unspecified atom stereocenters. The van der Waals surface area contributed by atoms with E-state index in [0.717, 1.165) is 0 Å². The normalized spacial score (nSPS) is 19.1. The number of esters is 3. The van der Waals surface area contributed by atoms with Gasteiger partial charge in [-0.2, -0.15) is 0 Å². The van der Waals surface area contributed by atoms with Crippen LogP contribution in [-0.4, -0.2) is 47.5 Å². The number of ether oxygens (including phenoxy) is 4. The van der Waals surface area contributed by atoms with E-state index in [-0.39, 0.29) is 60.1 Å². The zero-order chi connectivity index (χ0) is 29.9. The quantitative estimate of drug-likeness (QED) is 0.131. The highest BCUT2D eigenvalue weighted by Crippen LogP contribution is 2.43. The highest BCUT2D eigenvalue weighted by Gasteiger charge is 2.54. The Balaban J connectivity index is 2.60. The van der Waals surface area contributed by atoms with Gasteiger partial charge in [0.25, 0.3) is 0 Å². The second-order valence-corrected chi connectivity index (χ2v) is 10.5. The maximum Gasteiger partial charge on any atom is 0.318 e. The van der Waals surface area contributed by atoms with E-state index in [1.165, 1.54) is 30.4 Å². The Labute approximate surface area is 248 Å². The molecule has 1 aromatic carbocycles. The second-order valence-electron chi connectivity index (χ2n) is 9.21. The maximum absolute atomic E-state index is 13.0. The van der Waals surface area contributed by atoms with Crippen molar-refractivity contribution in [2.24, 2.45) is 5.92 Å². The number of carboxylic acids is 1. The van der Waals surface area contributed by atoms with E-state index < -0.39 is 41.7 Å². The number of hydrogen-bond acceptors (Lipinski definition) is 8. The van der Waals surface area contributed by atoms with Crippen molar-refractivity contribution in [3.63, 3.8) is 0 Å². The third-order valence-corrected chi connectivity index (χ3v) is 6.53. The topological polar surface area (TPSA) is 125 Å². The summed E-state index contributed by atoms with van der Waals surface area (Å²) in [5.74, 6) is -5.56. The van der Waals surface area contributed by atoms with Crippen LogP contribution >= 0.6 is 34.8 Å². The van der Waals surface area contributed by atoms with E-state index in [1.807, 2.05) is 6.92 Å². The van der Waals surface area contributed by atoms with Gasteiger partial charge in [0, 0.05) is 47.2 Å². The van der Waals surface area contributed by atoms with Gasteiger partial charge in [0.05, 0.1) is 11.6 Å². The minimum atomic E-state index is -2.10. The van der Waals surface area contributed by atoms with Gasteiger partial charge >= 0.3 is 29.7 Å². The molecule has 0 radical (unpaired) electrons. The summed E-state index contributed by atoms with van der Waals surface area (Å²) in [5, 5.41) is 9.49. The molecule has 1 N–H and O–H groups in total. The monoisotopic (exact) mass is 618 g/mol. The van der Waals surface area contributed by atoms with Gasteiger partial charge in [0.15, 0.2) is 0 Å². The lowest BCUT2D eigenvalue weighted by Crippen LogP contribution is -2.56. The number of benzene rings is 1. The lowest BCUT2D eigenvalue weighted by Gasteiger charge is -2.43. The number of hydrogen-bond donors (Lipinski definition) is 1. The van der Waals surface area contributed by atoms with Crippen LogP contribution in [0.4, 0.5) is 0 Å². The lowest BCUT2D eigenvalue weighted by atomic mass is 9.85. The van der Waals surface area contributed by atoms with Crippen LogP contribution in [0.5, 0.6) is 5.75 Å². The Bertz CT molecular complexity index is 1150. The van der Waals surface area contributed by atoms with Gasteiger partial charge in [-0.25, -0.2) is 0 Å². The SMILES string of the molecule is CCCC(=O)OCC(C)C1=CC(Cl)=CC(OC(=O)CCCC(=O)O)C1(OC(=O)CCC)Oc1ccc(Cl)cc1Cl. The molecule has 0 saturated carbocycles. The zero-order valence-corrected chi connectivity index (χ0v) is 24.8. The van der Waals surface area contributed by atoms with Crippen molar-refractivity contribution in [3.05, 3.63) is 51.0 Å². The summed E-state index contributed by atoms with van der Waals surface area (Å²) in [6.07, 6.45) is 2.29. The smallest absolute Gasteiger partial charge is 0.318 e. The summed E-state index contributed by atoms with van der Waals surface area (Å²) in [5.41, 5.74) is 0.253. The molecular weight excluding hydrogens is 587 g/mol. The van der Waals surface area contributed by atoms with Gasteiger partial charge in [-0.3, -0.25) is 19.2 Å². The highest BCUT2D eigenvalue weighted by atomic mass is 35.5. The van der Waals surface area contributed by atoms with Gasteiger partial charge in [-0.1, -0.05) is 55.6 Å². The van der Waals surface area contributed by atoms with Crippen molar-refractivity contribution < 1.29 is 43.2 Å². The van der Waals surface area contributed by atoms with Crippen LogP contribution in [0.1, 0.15) is 65.7 Å². The molecule has 0 heterocycles. The highest BCUT2D eigenvalue weighted by molar-refractivity contribution is 6.35. The summed E-state index contributed by atoms with van der Waals surface area (Å²) in [4.78, 5) is 48.8. The summed E-state index contributed by atoms with van der Waals surface area (Å²) in [6, 6.07) is 4.41. The fraction of sp³-hybridized carbons (Fsp3) is 0.500. The standard InChI is InChI=1S/C28H33Cl3O9/c1-4-7-25(34)37-16-17(3)20-13-19(30)15-23(38-26(35)10-6-9-24(32)33)28(20,40-27(36)8-5-2)39-22-12-11-18(29)14-21(22)31/h11-15,17,23H,4-10,16H2,1-3H3,(H,32,33). The molecule has 2 rings (SSSR count). The molecule has 40 heavy (non-hydrogen) atoms. The van der Waals surface area contributed by atoms with Gasteiger partial charge < -0.3 is 24.1 Å². The Kier molecular flexibility index (Phi) is 13.3. The molecule has 0 bridgehead atoms. The molecule has 0 amide bonds. The van der Waals surface area contributed by atoms with Crippen molar-refractivity contribution in [1.82, 2.24) is 0 Å². The third-order valence-electron chi connectivity index (χ3n) is 5.77. The van der Waals surface area contributed by atoms with E-state index in [1.54, 1.807) is 13.8 Å². The van der Waals surface area contributed by atoms with E-state index >= 15 is 0 Å². The number of carboxylic acid groups (broad SMARTS) is 1. The molecule has 220 valence electrons. The first kappa shape index (κ1) is 33.5. The van der Waals surface area contributed by atoms with E-state index in [2.05, 4.69) is 0 Å². The fourth-order valence-electron chi connectivity index (χ4n) is 3.88. The van der Waals surface area contributed by atoms with E-state index in [9.17, 15) is 19.2 Å². The number of carbonyl (C=O) groups excluding carboxylic acids is 3. The van der Waals surface area contributed by atoms with E-state index in [0.29, 0.717) is 17.9 Å². The van der Waals surface area contributed by atoms with Gasteiger partial charge in [0.2, 0.25) is 6.10 Å². The molecule has 1 aliphatic carbocycles. The van der Waals surface area contributed by atoms with Crippen LogP contribution in [0.25, 0.3) is 0 Å². The van der Waals surface area contributed by atoms with Crippen molar-refractivity contribution >= 4 is 58.7 Å². The Morgan fingerprint density at radius 3 is 2.27 bits per heavy atom. The molecular formula is C28H33Cl3O9. The second kappa shape index (κ2) is 15.9. The van der Waals surface area contributed by atoms with Crippen LogP contribution in [-0.2, 0) is 33.4 Å². The molecule has 1 aliphatic rings. The first-order valence-electron chi connectivity index (χ1n) is 12.9. The molecule has 0 fully saturated rings. The summed E-state index contributed by atoms with van der Waals surface area (Å²) >= 11 is 18.9.